The number of H-pyrrole nitrogens is 1. The number of amides is 8. The summed E-state index contributed by atoms with van der Waals surface area (Å²) in [6, 6.07) is 3.99. The highest BCUT2D eigenvalue weighted by atomic mass is 33.1. The first-order valence-corrected chi connectivity index (χ1v) is 23.7. The second-order valence-electron chi connectivity index (χ2n) is 16.1. The van der Waals surface area contributed by atoms with Crippen LogP contribution in [0.2, 0.25) is 0 Å². The smallest absolute Gasteiger partial charge is 0.244 e. The maximum atomic E-state index is 14.5. The number of fused-ring (bicyclic) bond motifs is 1. The molecule has 20 nitrogen and oxygen atoms in total. The zero-order valence-electron chi connectivity index (χ0n) is 36.7. The summed E-state index contributed by atoms with van der Waals surface area (Å²) in [7, 11) is 2.07. The third-order valence-electron chi connectivity index (χ3n) is 10.5. The van der Waals surface area contributed by atoms with Crippen molar-refractivity contribution in [1.29, 1.82) is 0 Å². The molecule has 65 heavy (non-hydrogen) atoms. The van der Waals surface area contributed by atoms with Crippen molar-refractivity contribution in [3.05, 3.63) is 65.9 Å². The molecule has 1 unspecified atom stereocenters. The fourth-order valence-electron chi connectivity index (χ4n) is 6.96. The first kappa shape index (κ1) is 51.8. The van der Waals surface area contributed by atoms with E-state index in [0.29, 0.717) is 30.5 Å². The summed E-state index contributed by atoms with van der Waals surface area (Å²) in [6.45, 7) is 6.07. The third-order valence-corrected chi connectivity index (χ3v) is 13.0. The van der Waals surface area contributed by atoms with Gasteiger partial charge < -0.3 is 63.9 Å². The minimum atomic E-state index is -1.52. The van der Waals surface area contributed by atoms with Gasteiger partial charge in [0, 0.05) is 48.4 Å². The lowest BCUT2D eigenvalue weighted by molar-refractivity contribution is -0.136. The standard InChI is InChI=1S/C43H60N10O10S2/c1-22(2)35-43(63)51-34(42(62)53-36(23(3)54)37(45)57)21-65-64-20-33(47-24(4)55)41(61)49-31(17-25-12-14-27(56)15-13-25)39(59)50-32(18-26-19-46-29-10-6-5-9-28(26)29)40(60)48-30(38(58)52-35)11-7-8-16-44/h5-6,9-10,12-15,19,22-23,30-36,46,54,56H,7-8,11,16-18,20-21,44H2,1-4H3,(H2,45,57)(H,47,55)(H,48,60)(H,49,61)(H,50,59)(H,51,63)(H,52,58)(H,53,62)/t23?,30-,31+,32+,33-,34-,35-,36+/m0/s1. The number of aromatic amines is 1. The van der Waals surface area contributed by atoms with Crippen LogP contribution in [-0.4, -0.2) is 129 Å². The number of phenols is 1. The molecule has 0 aliphatic carbocycles. The average molecular weight is 941 g/mol. The molecule has 1 aromatic heterocycles. The minimum Gasteiger partial charge on any atom is -0.508 e. The van der Waals surface area contributed by atoms with Gasteiger partial charge in [-0.1, -0.05) is 65.8 Å². The molecular formula is C43H60N10O10S2. The van der Waals surface area contributed by atoms with Crippen LogP contribution < -0.4 is 48.7 Å². The Morgan fingerprint density at radius 1 is 0.785 bits per heavy atom. The van der Waals surface area contributed by atoms with E-state index in [2.05, 4.69) is 42.2 Å². The number of phenolic OH excluding ortho intramolecular Hbond substituents is 1. The van der Waals surface area contributed by atoms with Gasteiger partial charge in [0.1, 0.15) is 48.0 Å². The Balaban J connectivity index is 1.80. The summed E-state index contributed by atoms with van der Waals surface area (Å²) in [4.78, 5) is 113. The normalized spacial score (nSPS) is 22.9. The lowest BCUT2D eigenvalue weighted by Gasteiger charge is -2.29. The number of unbranched alkanes of at least 4 members (excludes halogenated alkanes) is 1. The molecule has 1 saturated heterocycles. The molecule has 1 aliphatic heterocycles. The second-order valence-corrected chi connectivity index (χ2v) is 18.7. The summed E-state index contributed by atoms with van der Waals surface area (Å²) >= 11 is 0. The molecule has 4 rings (SSSR count). The molecule has 354 valence electrons. The number of nitrogens with two attached hydrogens (primary N) is 2. The zero-order chi connectivity index (χ0) is 47.8. The molecule has 14 N–H and O–H groups in total. The lowest BCUT2D eigenvalue weighted by atomic mass is 10.00. The highest BCUT2D eigenvalue weighted by molar-refractivity contribution is 8.76. The van der Waals surface area contributed by atoms with Crippen molar-refractivity contribution in [2.24, 2.45) is 17.4 Å². The van der Waals surface area contributed by atoms with Crippen LogP contribution in [0.25, 0.3) is 10.9 Å². The van der Waals surface area contributed by atoms with Crippen LogP contribution in [-0.2, 0) is 51.2 Å². The number of benzene rings is 2. The van der Waals surface area contributed by atoms with Crippen LogP contribution in [0, 0.1) is 5.92 Å². The number of rotatable bonds is 14. The van der Waals surface area contributed by atoms with E-state index < -0.39 is 102 Å². The minimum absolute atomic E-state index is 0.0335. The molecule has 8 atom stereocenters. The van der Waals surface area contributed by atoms with Gasteiger partial charge in [-0.15, -0.1) is 0 Å². The average Bonchev–Trinajstić information content (AvgIpc) is 3.66. The Hall–Kier alpha value is -5.84. The molecule has 0 saturated carbocycles. The Labute approximate surface area is 384 Å². The van der Waals surface area contributed by atoms with E-state index >= 15 is 0 Å². The van der Waals surface area contributed by atoms with Gasteiger partial charge in [-0.2, -0.15) is 0 Å². The summed E-state index contributed by atoms with van der Waals surface area (Å²) in [5.74, 6) is -7.17. The van der Waals surface area contributed by atoms with Crippen molar-refractivity contribution >= 4 is 79.7 Å². The molecule has 3 aromatic rings. The van der Waals surface area contributed by atoms with Crippen molar-refractivity contribution in [3.8, 4) is 5.75 Å². The van der Waals surface area contributed by atoms with Crippen LogP contribution >= 0.6 is 21.6 Å². The van der Waals surface area contributed by atoms with Gasteiger partial charge in [-0.05, 0) is 68.0 Å². The number of aromatic hydroxyl groups is 1. The molecule has 2 aromatic carbocycles. The van der Waals surface area contributed by atoms with Gasteiger partial charge >= 0.3 is 0 Å². The fourth-order valence-corrected chi connectivity index (χ4v) is 9.29. The molecule has 0 spiro atoms. The number of hydrogen-bond acceptors (Lipinski definition) is 13. The number of para-hydroxylation sites is 1. The monoisotopic (exact) mass is 940 g/mol. The van der Waals surface area contributed by atoms with E-state index in [0.717, 1.165) is 32.5 Å². The molecule has 8 amide bonds. The third kappa shape index (κ3) is 15.7. The van der Waals surface area contributed by atoms with Gasteiger partial charge in [-0.3, -0.25) is 38.4 Å². The molecule has 1 fully saturated rings. The van der Waals surface area contributed by atoms with E-state index in [4.69, 9.17) is 11.5 Å². The summed E-state index contributed by atoms with van der Waals surface area (Å²) in [6.07, 6.45) is 1.11. The highest BCUT2D eigenvalue weighted by Gasteiger charge is 2.36. The number of carbonyl (C=O) groups excluding carboxylic acids is 8. The van der Waals surface area contributed by atoms with Crippen LogP contribution in [0.15, 0.2) is 54.7 Å². The molecule has 2 heterocycles. The number of hydrogen-bond donors (Lipinski definition) is 12. The topological polar surface area (TPSA) is 329 Å². The van der Waals surface area contributed by atoms with Gasteiger partial charge in [0.15, 0.2) is 0 Å². The van der Waals surface area contributed by atoms with Crippen molar-refractivity contribution in [3.63, 3.8) is 0 Å². The number of aliphatic hydroxyl groups excluding tert-OH is 1. The maximum absolute atomic E-state index is 14.5. The number of aromatic nitrogens is 1. The Morgan fingerprint density at radius 3 is 2.03 bits per heavy atom. The molecular weight excluding hydrogens is 881 g/mol. The van der Waals surface area contributed by atoms with E-state index in [1.165, 1.54) is 26.0 Å². The highest BCUT2D eigenvalue weighted by Crippen LogP contribution is 2.24. The van der Waals surface area contributed by atoms with Gasteiger partial charge in [0.25, 0.3) is 0 Å². The Morgan fingerprint density at radius 2 is 1.40 bits per heavy atom. The number of primary amides is 1. The molecule has 0 radical (unpaired) electrons. The molecule has 1 aliphatic rings. The molecule has 22 heteroatoms. The lowest BCUT2D eigenvalue weighted by Crippen LogP contribution is -2.62. The Kier molecular flexibility index (Phi) is 19.9. The van der Waals surface area contributed by atoms with Crippen molar-refractivity contribution in [2.45, 2.75) is 108 Å². The van der Waals surface area contributed by atoms with Crippen LogP contribution in [0.4, 0.5) is 0 Å². The van der Waals surface area contributed by atoms with Crippen LogP contribution in [0.5, 0.6) is 5.75 Å². The van der Waals surface area contributed by atoms with Crippen molar-refractivity contribution in [2.75, 3.05) is 18.1 Å². The maximum Gasteiger partial charge on any atom is 0.244 e. The van der Waals surface area contributed by atoms with Crippen LogP contribution in [0.3, 0.4) is 0 Å². The van der Waals surface area contributed by atoms with Gasteiger partial charge in [0.05, 0.1) is 6.10 Å². The predicted molar refractivity (Wildman–Crippen MR) is 247 cm³/mol. The largest absolute Gasteiger partial charge is 0.508 e. The van der Waals surface area contributed by atoms with Gasteiger partial charge in [-0.25, -0.2) is 0 Å². The quantitative estimate of drug-likeness (QED) is 0.0691. The predicted octanol–water partition coefficient (Wildman–Crippen LogP) is -0.882. The van der Waals surface area contributed by atoms with E-state index in [1.807, 2.05) is 24.3 Å². The van der Waals surface area contributed by atoms with Crippen LogP contribution in [0.1, 0.15) is 58.1 Å². The zero-order valence-corrected chi connectivity index (χ0v) is 38.3. The summed E-state index contributed by atoms with van der Waals surface area (Å²) in [5, 5.41) is 39.5. The van der Waals surface area contributed by atoms with E-state index in [1.54, 1.807) is 32.2 Å². The first-order valence-electron chi connectivity index (χ1n) is 21.2. The second kappa shape index (κ2) is 25.0. The van der Waals surface area contributed by atoms with E-state index in [9.17, 15) is 48.6 Å². The molecule has 0 bridgehead atoms. The van der Waals surface area contributed by atoms with Crippen molar-refractivity contribution in [1.82, 2.24) is 42.2 Å². The summed E-state index contributed by atoms with van der Waals surface area (Å²) < 4.78 is 0. The van der Waals surface area contributed by atoms with Crippen molar-refractivity contribution < 1.29 is 48.6 Å². The number of aliphatic hydroxyl groups is 1. The van der Waals surface area contributed by atoms with E-state index in [-0.39, 0.29) is 36.5 Å². The Bertz CT molecular complexity index is 2150. The number of nitrogens with one attached hydrogen (secondary N) is 8. The summed E-state index contributed by atoms with van der Waals surface area (Å²) in [5.41, 5.74) is 13.2. The van der Waals surface area contributed by atoms with Gasteiger partial charge in [0.2, 0.25) is 47.3 Å². The fraction of sp³-hybridized carbons (Fsp3) is 0.488. The first-order chi connectivity index (χ1) is 30.9. The SMILES string of the molecule is CC(=O)N[C@H]1CSSC[C@@H](C(=O)N[C@@H](C(N)=O)C(C)O)NC(=O)[C@H](C(C)C)NC(=O)[C@H](CCCCN)NC(=O)[C@@H](Cc2c[nH]c3ccccc23)NC(=O)[C@@H](Cc2ccc(O)cc2)NC1=O. The number of carbonyl (C=O) groups is 8.